The second-order valence-corrected chi connectivity index (χ2v) is 6.95. The van der Waals surface area contributed by atoms with E-state index in [9.17, 15) is 8.42 Å². The first-order valence-electron chi connectivity index (χ1n) is 6.37. The number of piperidine rings is 2. The summed E-state index contributed by atoms with van der Waals surface area (Å²) < 4.78 is 26.0. The molecule has 0 aliphatic carbocycles. The van der Waals surface area contributed by atoms with E-state index in [4.69, 9.17) is 0 Å². The second-order valence-electron chi connectivity index (χ2n) is 4.93. The van der Waals surface area contributed by atoms with Gasteiger partial charge in [-0.2, -0.15) is 0 Å². The van der Waals surface area contributed by atoms with Gasteiger partial charge in [0.2, 0.25) is 10.0 Å². The fourth-order valence-corrected chi connectivity index (χ4v) is 4.55. The molecule has 6 heteroatoms. The minimum absolute atomic E-state index is 0. The van der Waals surface area contributed by atoms with Gasteiger partial charge in [0.25, 0.3) is 0 Å². The van der Waals surface area contributed by atoms with Crippen molar-refractivity contribution in [2.24, 2.45) is 5.92 Å². The van der Waals surface area contributed by atoms with Crippen LogP contribution in [0.15, 0.2) is 0 Å². The summed E-state index contributed by atoms with van der Waals surface area (Å²) in [7, 11) is -2.98. The molecule has 0 bridgehead atoms. The van der Waals surface area contributed by atoms with Crippen molar-refractivity contribution in [2.75, 3.05) is 31.9 Å². The van der Waals surface area contributed by atoms with E-state index in [1.165, 1.54) is 6.42 Å². The monoisotopic (exact) mass is 282 g/mol. The Kier molecular flexibility index (Phi) is 6.20. The molecule has 4 nitrogen and oxygen atoms in total. The molecule has 2 rings (SSSR count). The predicted octanol–water partition coefficient (Wildman–Crippen LogP) is 1.22. The van der Waals surface area contributed by atoms with Crippen LogP contribution in [0.1, 0.15) is 32.1 Å². The van der Waals surface area contributed by atoms with Crippen molar-refractivity contribution >= 4 is 22.4 Å². The summed E-state index contributed by atoms with van der Waals surface area (Å²) in [4.78, 5) is 0. The van der Waals surface area contributed by atoms with Crippen molar-refractivity contribution in [1.29, 1.82) is 0 Å². The number of nitrogens with zero attached hydrogens (tertiary/aromatic N) is 1. The Bertz CT molecular complexity index is 309. The molecule has 0 spiro atoms. The second kappa shape index (κ2) is 6.92. The Morgan fingerprint density at radius 2 is 1.65 bits per heavy atom. The first-order valence-corrected chi connectivity index (χ1v) is 7.98. The predicted molar refractivity (Wildman–Crippen MR) is 72.1 cm³/mol. The largest absolute Gasteiger partial charge is 0.317 e. The van der Waals surface area contributed by atoms with E-state index in [0.717, 1.165) is 51.9 Å². The summed E-state index contributed by atoms with van der Waals surface area (Å²) in [5, 5.41) is 3.27. The summed E-state index contributed by atoms with van der Waals surface area (Å²) in [5.74, 6) is 0.738. The first kappa shape index (κ1) is 15.2. The molecule has 2 heterocycles. The molecule has 2 saturated heterocycles. The van der Waals surface area contributed by atoms with Crippen molar-refractivity contribution < 1.29 is 8.42 Å². The first-order chi connectivity index (χ1) is 7.68. The summed E-state index contributed by atoms with van der Waals surface area (Å²) >= 11 is 0. The Balaban J connectivity index is 0.00000144. The van der Waals surface area contributed by atoms with Crippen LogP contribution >= 0.6 is 12.4 Å². The number of hydrogen-bond acceptors (Lipinski definition) is 3. The van der Waals surface area contributed by atoms with Crippen LogP contribution in [0.2, 0.25) is 0 Å². The molecule has 0 unspecified atom stereocenters. The highest BCUT2D eigenvalue weighted by atomic mass is 35.5. The zero-order valence-electron chi connectivity index (χ0n) is 10.2. The average Bonchev–Trinajstić information content (AvgIpc) is 2.31. The van der Waals surface area contributed by atoms with Crippen LogP contribution < -0.4 is 5.32 Å². The molecular weight excluding hydrogens is 260 g/mol. The van der Waals surface area contributed by atoms with Crippen LogP contribution in [-0.4, -0.2) is 44.7 Å². The fraction of sp³-hybridized carbons (Fsp3) is 1.00. The van der Waals surface area contributed by atoms with E-state index in [-0.39, 0.29) is 12.4 Å². The summed E-state index contributed by atoms with van der Waals surface area (Å²) in [6.45, 7) is 3.43. The van der Waals surface area contributed by atoms with Gasteiger partial charge < -0.3 is 5.32 Å². The number of halogens is 1. The number of rotatable bonds is 3. The number of nitrogens with one attached hydrogen (secondary N) is 1. The number of hydrogen-bond donors (Lipinski definition) is 1. The van der Waals surface area contributed by atoms with Crippen molar-refractivity contribution in [1.82, 2.24) is 9.62 Å². The van der Waals surface area contributed by atoms with Crippen molar-refractivity contribution in [2.45, 2.75) is 32.1 Å². The van der Waals surface area contributed by atoms with Crippen LogP contribution in [0, 0.1) is 5.92 Å². The molecule has 0 aromatic carbocycles. The minimum Gasteiger partial charge on any atom is -0.317 e. The van der Waals surface area contributed by atoms with Crippen LogP contribution in [0.25, 0.3) is 0 Å². The number of sulfonamides is 1. The Morgan fingerprint density at radius 1 is 1.06 bits per heavy atom. The molecule has 102 valence electrons. The molecular formula is C11H23ClN2O2S. The van der Waals surface area contributed by atoms with Crippen LogP contribution in [0.3, 0.4) is 0 Å². The van der Waals surface area contributed by atoms with E-state index >= 15 is 0 Å². The van der Waals surface area contributed by atoms with Gasteiger partial charge in [-0.15, -0.1) is 12.4 Å². The van der Waals surface area contributed by atoms with Crippen LogP contribution in [-0.2, 0) is 10.0 Å². The molecule has 0 atom stereocenters. The molecule has 0 saturated carbocycles. The highest BCUT2D eigenvalue weighted by molar-refractivity contribution is 7.89. The highest BCUT2D eigenvalue weighted by Gasteiger charge is 2.27. The molecule has 17 heavy (non-hydrogen) atoms. The molecule has 1 N–H and O–H groups in total. The van der Waals surface area contributed by atoms with Crippen molar-refractivity contribution in [3.8, 4) is 0 Å². The summed E-state index contributed by atoms with van der Waals surface area (Å²) in [6, 6.07) is 0. The molecule has 0 aromatic heterocycles. The van der Waals surface area contributed by atoms with Crippen LogP contribution in [0.4, 0.5) is 0 Å². The Labute approximate surface area is 111 Å². The van der Waals surface area contributed by atoms with E-state index < -0.39 is 10.0 Å². The lowest BCUT2D eigenvalue weighted by Gasteiger charge is -2.29. The summed E-state index contributed by atoms with van der Waals surface area (Å²) in [6.07, 6.45) is 5.26. The molecule has 0 aromatic rings. The third kappa shape index (κ3) is 4.39. The SMILES string of the molecule is Cl.O=S(=O)(CC1CCNCC1)N1CCCCC1. The van der Waals surface area contributed by atoms with Crippen molar-refractivity contribution in [3.63, 3.8) is 0 Å². The normalized spacial score (nSPS) is 24.2. The van der Waals surface area contributed by atoms with Gasteiger partial charge in [0.1, 0.15) is 0 Å². The standard InChI is InChI=1S/C11H22N2O2S.ClH/c14-16(15,13-8-2-1-3-9-13)10-11-4-6-12-7-5-11;/h11-12H,1-10H2;1H. The average molecular weight is 283 g/mol. The van der Waals surface area contributed by atoms with Gasteiger partial charge >= 0.3 is 0 Å². The zero-order valence-corrected chi connectivity index (χ0v) is 11.9. The lowest BCUT2D eigenvalue weighted by Crippen LogP contribution is -2.40. The van der Waals surface area contributed by atoms with E-state index in [1.807, 2.05) is 0 Å². The quantitative estimate of drug-likeness (QED) is 0.847. The van der Waals surface area contributed by atoms with Gasteiger partial charge in [0, 0.05) is 13.1 Å². The zero-order chi connectivity index (χ0) is 11.4. The minimum atomic E-state index is -2.98. The van der Waals surface area contributed by atoms with Gasteiger partial charge in [0.15, 0.2) is 0 Å². The van der Waals surface area contributed by atoms with Gasteiger partial charge in [-0.25, -0.2) is 12.7 Å². The van der Waals surface area contributed by atoms with Gasteiger partial charge in [0.05, 0.1) is 5.75 Å². The Hall–Kier alpha value is 0.160. The smallest absolute Gasteiger partial charge is 0.214 e. The van der Waals surface area contributed by atoms with Gasteiger partial charge in [-0.1, -0.05) is 6.42 Å². The lowest BCUT2D eigenvalue weighted by molar-refractivity contribution is 0.336. The maximum Gasteiger partial charge on any atom is 0.214 e. The van der Waals surface area contributed by atoms with E-state index in [0.29, 0.717) is 11.7 Å². The van der Waals surface area contributed by atoms with E-state index in [1.54, 1.807) is 4.31 Å². The third-order valence-electron chi connectivity index (χ3n) is 3.61. The van der Waals surface area contributed by atoms with Crippen LogP contribution in [0.5, 0.6) is 0 Å². The highest BCUT2D eigenvalue weighted by Crippen LogP contribution is 2.19. The Morgan fingerprint density at radius 3 is 2.24 bits per heavy atom. The summed E-state index contributed by atoms with van der Waals surface area (Å²) in [5.41, 5.74) is 0. The third-order valence-corrected chi connectivity index (χ3v) is 5.66. The van der Waals surface area contributed by atoms with E-state index in [2.05, 4.69) is 5.32 Å². The topological polar surface area (TPSA) is 49.4 Å². The molecule has 0 radical (unpaired) electrons. The van der Waals surface area contributed by atoms with Gasteiger partial charge in [-0.05, 0) is 44.7 Å². The maximum atomic E-state index is 12.2. The van der Waals surface area contributed by atoms with Crippen molar-refractivity contribution in [3.05, 3.63) is 0 Å². The van der Waals surface area contributed by atoms with Gasteiger partial charge in [-0.3, -0.25) is 0 Å². The molecule has 2 aliphatic heterocycles. The molecule has 2 fully saturated rings. The lowest BCUT2D eigenvalue weighted by atomic mass is 10.0. The molecule has 2 aliphatic rings. The fourth-order valence-electron chi connectivity index (χ4n) is 2.59. The molecule has 0 amide bonds. The maximum absolute atomic E-state index is 12.2.